The van der Waals surface area contributed by atoms with Crippen LogP contribution in [0.5, 0.6) is 0 Å². The van der Waals surface area contributed by atoms with Gasteiger partial charge in [0, 0.05) is 36.4 Å². The van der Waals surface area contributed by atoms with E-state index in [1.807, 2.05) is 37.2 Å². The molecule has 0 radical (unpaired) electrons. The van der Waals surface area contributed by atoms with E-state index in [0.29, 0.717) is 46.2 Å². The predicted octanol–water partition coefficient (Wildman–Crippen LogP) is 4.74. The number of aliphatic carboxylic acids is 1. The summed E-state index contributed by atoms with van der Waals surface area (Å²) in [7, 11) is 5.58. The van der Waals surface area contributed by atoms with Crippen molar-refractivity contribution in [2.75, 3.05) is 37.9 Å². The van der Waals surface area contributed by atoms with Crippen LogP contribution in [0, 0.1) is 0 Å². The number of hydrogen-bond donors (Lipinski definition) is 2. The van der Waals surface area contributed by atoms with Crippen LogP contribution in [-0.4, -0.2) is 61.2 Å². The van der Waals surface area contributed by atoms with Crippen LogP contribution >= 0.6 is 11.6 Å². The smallest absolute Gasteiger partial charge is 0.307 e. The SMILES string of the molecule is CN(C)CCC(=O)N(C)c1ccc(N=C(c2cccc(CC(=O)O)c2)C2C(=O)Nc3cc(Cl)ccc32)cc1. The maximum absolute atomic E-state index is 13.2. The van der Waals surface area contributed by atoms with Gasteiger partial charge < -0.3 is 20.2 Å². The van der Waals surface area contributed by atoms with Crippen molar-refractivity contribution in [3.8, 4) is 0 Å². The van der Waals surface area contributed by atoms with Crippen LogP contribution in [0.15, 0.2) is 71.7 Å². The van der Waals surface area contributed by atoms with Crippen molar-refractivity contribution in [1.82, 2.24) is 4.90 Å². The van der Waals surface area contributed by atoms with Crippen LogP contribution in [0.1, 0.15) is 29.0 Å². The maximum Gasteiger partial charge on any atom is 0.307 e. The molecule has 1 atom stereocenters. The molecule has 0 saturated heterocycles. The fraction of sp³-hybridized carbons (Fsp3) is 0.241. The number of carboxylic acids is 1. The fourth-order valence-corrected chi connectivity index (χ4v) is 4.51. The number of anilines is 2. The van der Waals surface area contributed by atoms with E-state index in [4.69, 9.17) is 16.6 Å². The van der Waals surface area contributed by atoms with Gasteiger partial charge in [-0.3, -0.25) is 19.4 Å². The zero-order valence-electron chi connectivity index (χ0n) is 21.4. The predicted molar refractivity (Wildman–Crippen MR) is 150 cm³/mol. The van der Waals surface area contributed by atoms with Crippen molar-refractivity contribution < 1.29 is 19.5 Å². The van der Waals surface area contributed by atoms with E-state index in [-0.39, 0.29) is 18.2 Å². The Morgan fingerprint density at radius 2 is 1.76 bits per heavy atom. The van der Waals surface area contributed by atoms with Crippen molar-refractivity contribution in [3.63, 3.8) is 0 Å². The standard InChI is InChI=1S/C29H29ClN4O4/c1-33(2)14-13-25(35)34(3)22-10-8-21(9-11-22)31-28(19-6-4-5-18(15-19)16-26(36)37)27-23-12-7-20(30)17-24(23)32-29(27)38/h4-12,15,17,27H,13-14,16H2,1-3H3,(H,32,38)(H,36,37). The molecular formula is C29H29ClN4O4. The van der Waals surface area contributed by atoms with Crippen molar-refractivity contribution in [3.05, 3.63) is 88.4 Å². The van der Waals surface area contributed by atoms with Crippen molar-refractivity contribution in [1.29, 1.82) is 0 Å². The molecule has 1 unspecified atom stereocenters. The molecule has 3 aromatic rings. The number of benzene rings is 3. The van der Waals surface area contributed by atoms with Crippen LogP contribution < -0.4 is 10.2 Å². The average molecular weight is 533 g/mol. The summed E-state index contributed by atoms with van der Waals surface area (Å²) in [5, 5.41) is 12.7. The molecule has 9 heteroatoms. The molecule has 4 rings (SSSR count). The molecule has 1 aliphatic heterocycles. The summed E-state index contributed by atoms with van der Waals surface area (Å²) in [6, 6.07) is 19.5. The largest absolute Gasteiger partial charge is 0.481 e. The molecule has 0 spiro atoms. The highest BCUT2D eigenvalue weighted by molar-refractivity contribution is 6.31. The minimum atomic E-state index is -0.945. The van der Waals surface area contributed by atoms with Crippen molar-refractivity contribution >= 4 is 52.2 Å². The normalized spacial score (nSPS) is 14.8. The molecule has 0 bridgehead atoms. The number of aliphatic imine (C=N–C) groups is 1. The molecule has 1 aliphatic rings. The summed E-state index contributed by atoms with van der Waals surface area (Å²) in [5.41, 5.74) is 4.42. The molecule has 196 valence electrons. The molecule has 0 aromatic heterocycles. The first-order chi connectivity index (χ1) is 18.1. The Bertz CT molecular complexity index is 1400. The van der Waals surface area contributed by atoms with Gasteiger partial charge in [0.15, 0.2) is 0 Å². The van der Waals surface area contributed by atoms with E-state index in [9.17, 15) is 19.5 Å². The van der Waals surface area contributed by atoms with Crippen LogP contribution in [-0.2, 0) is 20.8 Å². The molecule has 0 fully saturated rings. The second-order valence-corrected chi connectivity index (χ2v) is 9.88. The number of nitrogens with one attached hydrogen (secondary N) is 1. The molecule has 8 nitrogen and oxygen atoms in total. The number of carboxylic acid groups (broad SMARTS) is 1. The lowest BCUT2D eigenvalue weighted by molar-refractivity contribution is -0.136. The fourth-order valence-electron chi connectivity index (χ4n) is 4.34. The van der Waals surface area contributed by atoms with Gasteiger partial charge in [-0.1, -0.05) is 35.9 Å². The summed E-state index contributed by atoms with van der Waals surface area (Å²) >= 11 is 6.14. The number of hydrogen-bond acceptors (Lipinski definition) is 5. The van der Waals surface area contributed by atoms with E-state index < -0.39 is 11.9 Å². The number of carbonyl (C=O) groups is 3. The van der Waals surface area contributed by atoms with E-state index in [1.54, 1.807) is 60.5 Å². The monoisotopic (exact) mass is 532 g/mol. The third-order valence-electron chi connectivity index (χ3n) is 6.33. The highest BCUT2D eigenvalue weighted by atomic mass is 35.5. The number of rotatable bonds is 9. The summed E-state index contributed by atoms with van der Waals surface area (Å²) in [6.45, 7) is 0.659. The Balaban J connectivity index is 1.72. The first kappa shape index (κ1) is 27.0. The Morgan fingerprint density at radius 1 is 1.03 bits per heavy atom. The van der Waals surface area contributed by atoms with E-state index in [0.717, 1.165) is 11.3 Å². The zero-order valence-corrected chi connectivity index (χ0v) is 22.2. The Labute approximate surface area is 226 Å². The number of halogens is 1. The first-order valence-corrected chi connectivity index (χ1v) is 12.5. The summed E-state index contributed by atoms with van der Waals surface area (Å²) in [5.74, 6) is -1.90. The van der Waals surface area contributed by atoms with Gasteiger partial charge in [0.1, 0.15) is 5.92 Å². The average Bonchev–Trinajstić information content (AvgIpc) is 3.19. The van der Waals surface area contributed by atoms with Gasteiger partial charge in [-0.2, -0.15) is 0 Å². The minimum absolute atomic E-state index is 0.00350. The molecule has 2 N–H and O–H groups in total. The molecule has 2 amide bonds. The van der Waals surface area contributed by atoms with Crippen LogP contribution in [0.3, 0.4) is 0 Å². The summed E-state index contributed by atoms with van der Waals surface area (Å²) in [6.07, 6.45) is 0.257. The van der Waals surface area contributed by atoms with Gasteiger partial charge >= 0.3 is 5.97 Å². The highest BCUT2D eigenvalue weighted by Crippen LogP contribution is 2.38. The van der Waals surface area contributed by atoms with Gasteiger partial charge in [0.2, 0.25) is 11.8 Å². The van der Waals surface area contributed by atoms with Crippen molar-refractivity contribution in [2.24, 2.45) is 4.99 Å². The van der Waals surface area contributed by atoms with E-state index in [1.165, 1.54) is 0 Å². The molecule has 0 saturated carbocycles. The van der Waals surface area contributed by atoms with Gasteiger partial charge in [0.05, 0.1) is 17.8 Å². The minimum Gasteiger partial charge on any atom is -0.481 e. The summed E-state index contributed by atoms with van der Waals surface area (Å²) < 4.78 is 0. The lowest BCUT2D eigenvalue weighted by atomic mass is 9.89. The van der Waals surface area contributed by atoms with E-state index in [2.05, 4.69) is 5.32 Å². The molecule has 1 heterocycles. The molecular weight excluding hydrogens is 504 g/mol. The van der Waals surface area contributed by atoms with Crippen LogP contribution in [0.25, 0.3) is 0 Å². The molecule has 3 aromatic carbocycles. The third-order valence-corrected chi connectivity index (χ3v) is 6.57. The highest BCUT2D eigenvalue weighted by Gasteiger charge is 2.35. The van der Waals surface area contributed by atoms with Crippen molar-refractivity contribution in [2.45, 2.75) is 18.8 Å². The maximum atomic E-state index is 13.2. The second-order valence-electron chi connectivity index (χ2n) is 9.44. The zero-order chi connectivity index (χ0) is 27.4. The number of fused-ring (bicyclic) bond motifs is 1. The van der Waals surface area contributed by atoms with Crippen LogP contribution in [0.4, 0.5) is 17.1 Å². The number of amides is 2. The summed E-state index contributed by atoms with van der Waals surface area (Å²) in [4.78, 5) is 45.5. The van der Waals surface area contributed by atoms with Crippen LogP contribution in [0.2, 0.25) is 5.02 Å². The third kappa shape index (κ3) is 6.27. The van der Waals surface area contributed by atoms with Gasteiger partial charge in [-0.25, -0.2) is 0 Å². The van der Waals surface area contributed by atoms with Gasteiger partial charge in [0.25, 0.3) is 0 Å². The lowest BCUT2D eigenvalue weighted by Gasteiger charge is -2.19. The van der Waals surface area contributed by atoms with E-state index >= 15 is 0 Å². The second kappa shape index (κ2) is 11.6. The number of carbonyl (C=O) groups excluding carboxylic acids is 2. The molecule has 38 heavy (non-hydrogen) atoms. The van der Waals surface area contributed by atoms with Gasteiger partial charge in [-0.15, -0.1) is 0 Å². The topological polar surface area (TPSA) is 102 Å². The Morgan fingerprint density at radius 3 is 2.45 bits per heavy atom. The quantitative estimate of drug-likeness (QED) is 0.388. The first-order valence-electron chi connectivity index (χ1n) is 12.1. The lowest BCUT2D eigenvalue weighted by Crippen LogP contribution is -2.29. The number of nitrogens with zero attached hydrogens (tertiary/aromatic N) is 3. The molecule has 0 aliphatic carbocycles. The Hall–Kier alpha value is -4.01. The Kier molecular flexibility index (Phi) is 8.24. The van der Waals surface area contributed by atoms with Gasteiger partial charge in [-0.05, 0) is 73.3 Å².